The van der Waals surface area contributed by atoms with Crippen molar-refractivity contribution in [2.24, 2.45) is 0 Å². The van der Waals surface area contributed by atoms with E-state index in [0.717, 1.165) is 12.0 Å². The van der Waals surface area contributed by atoms with Crippen molar-refractivity contribution in [2.75, 3.05) is 0 Å². The average Bonchev–Trinajstić information content (AvgIpc) is 2.93. The van der Waals surface area contributed by atoms with E-state index in [1.54, 1.807) is 6.92 Å². The summed E-state index contributed by atoms with van der Waals surface area (Å²) in [5.74, 6) is 0.587. The molecule has 5 nitrogen and oxygen atoms in total. The topological polar surface area (TPSA) is 70.7 Å². The van der Waals surface area contributed by atoms with Crippen molar-refractivity contribution in [2.45, 2.75) is 45.6 Å². The van der Waals surface area contributed by atoms with Crippen LogP contribution in [0.3, 0.4) is 0 Å². The first-order valence-electron chi connectivity index (χ1n) is 7.45. The Morgan fingerprint density at radius 1 is 1.29 bits per heavy atom. The first kappa shape index (κ1) is 13.8. The Bertz CT molecular complexity index is 662. The fourth-order valence-corrected chi connectivity index (χ4v) is 2.81. The molecule has 1 heterocycles. The summed E-state index contributed by atoms with van der Waals surface area (Å²) < 4.78 is 0. The number of amides is 1. The van der Waals surface area contributed by atoms with Crippen molar-refractivity contribution in [3.05, 3.63) is 46.5 Å². The van der Waals surface area contributed by atoms with Crippen molar-refractivity contribution in [1.82, 2.24) is 20.5 Å². The van der Waals surface area contributed by atoms with E-state index in [4.69, 9.17) is 0 Å². The van der Waals surface area contributed by atoms with Crippen LogP contribution in [0.2, 0.25) is 0 Å². The second-order valence-corrected chi connectivity index (χ2v) is 5.67. The van der Waals surface area contributed by atoms with Crippen molar-refractivity contribution in [1.29, 1.82) is 0 Å². The second kappa shape index (κ2) is 5.68. The smallest absolute Gasteiger partial charge is 0.291 e. The highest BCUT2D eigenvalue weighted by Crippen LogP contribution is 2.24. The van der Waals surface area contributed by atoms with E-state index >= 15 is 0 Å². The monoisotopic (exact) mass is 284 g/mol. The molecule has 2 aromatic rings. The number of benzene rings is 1. The molecule has 2 N–H and O–H groups in total. The molecular formula is C16H20N4O. The van der Waals surface area contributed by atoms with Gasteiger partial charge in [0.2, 0.25) is 5.82 Å². The summed E-state index contributed by atoms with van der Waals surface area (Å²) in [6.45, 7) is 3.76. The zero-order valence-electron chi connectivity index (χ0n) is 12.4. The van der Waals surface area contributed by atoms with Crippen LogP contribution in [-0.2, 0) is 12.8 Å². The summed E-state index contributed by atoms with van der Waals surface area (Å²) in [5.41, 5.74) is 4.01. The molecule has 1 aliphatic rings. The maximum Gasteiger partial charge on any atom is 0.291 e. The lowest BCUT2D eigenvalue weighted by atomic mass is 9.89. The van der Waals surface area contributed by atoms with E-state index in [2.05, 4.69) is 38.7 Å². The Balaban J connectivity index is 1.73. The third-order valence-corrected chi connectivity index (χ3v) is 4.02. The predicted octanol–water partition coefficient (Wildman–Crippen LogP) is 2.48. The lowest BCUT2D eigenvalue weighted by Gasteiger charge is -2.19. The molecule has 0 radical (unpaired) electrons. The highest BCUT2D eigenvalue weighted by Gasteiger charge is 2.17. The molecule has 21 heavy (non-hydrogen) atoms. The largest absolute Gasteiger partial charge is 0.343 e. The fourth-order valence-electron chi connectivity index (χ4n) is 2.81. The number of nitrogens with one attached hydrogen (secondary N) is 2. The molecule has 1 amide bonds. The summed E-state index contributed by atoms with van der Waals surface area (Å²) in [5, 5.41) is 9.51. The molecule has 110 valence electrons. The van der Waals surface area contributed by atoms with Crippen LogP contribution in [0.5, 0.6) is 0 Å². The summed E-state index contributed by atoms with van der Waals surface area (Å²) >= 11 is 0. The van der Waals surface area contributed by atoms with Crippen molar-refractivity contribution < 1.29 is 4.79 Å². The Hall–Kier alpha value is -2.17. The lowest BCUT2D eigenvalue weighted by Crippen LogP contribution is -2.27. The molecule has 0 spiro atoms. The number of nitrogens with zero attached hydrogens (tertiary/aromatic N) is 2. The Kier molecular flexibility index (Phi) is 3.73. The highest BCUT2D eigenvalue weighted by atomic mass is 16.2. The van der Waals surface area contributed by atoms with Gasteiger partial charge in [-0.3, -0.25) is 9.89 Å². The minimum absolute atomic E-state index is 0.0523. The standard InChI is InChI=1S/C16H20N4O/c1-10(17-16(21)15-18-11(2)19-20-15)13-8-7-12-5-3-4-6-14(12)9-13/h7-10H,3-6H2,1-2H3,(H,17,21)(H,18,19,20). The number of fused-ring (bicyclic) bond motifs is 1. The van der Waals surface area contributed by atoms with E-state index in [1.807, 2.05) is 6.92 Å². The molecule has 1 atom stereocenters. The molecule has 1 aliphatic carbocycles. The van der Waals surface area contributed by atoms with Crippen LogP contribution in [0.15, 0.2) is 18.2 Å². The molecule has 5 heteroatoms. The van der Waals surface area contributed by atoms with Gasteiger partial charge in [0.15, 0.2) is 0 Å². The number of hydrogen-bond acceptors (Lipinski definition) is 3. The number of hydrogen-bond donors (Lipinski definition) is 2. The van der Waals surface area contributed by atoms with Gasteiger partial charge in [-0.25, -0.2) is 4.98 Å². The minimum Gasteiger partial charge on any atom is -0.343 e. The van der Waals surface area contributed by atoms with Crippen LogP contribution in [0.1, 0.15) is 58.9 Å². The van der Waals surface area contributed by atoms with Gasteiger partial charge in [0, 0.05) is 0 Å². The number of carbonyl (C=O) groups excluding carboxylic acids is 1. The summed E-state index contributed by atoms with van der Waals surface area (Å²) in [4.78, 5) is 16.1. The third kappa shape index (κ3) is 2.96. The summed E-state index contributed by atoms with van der Waals surface area (Å²) in [6, 6.07) is 6.48. The second-order valence-electron chi connectivity index (χ2n) is 5.67. The normalized spacial score (nSPS) is 15.3. The zero-order valence-corrected chi connectivity index (χ0v) is 12.4. The summed E-state index contributed by atoms with van der Waals surface area (Å²) in [6.07, 6.45) is 4.85. The Labute approximate surface area is 124 Å². The molecule has 0 saturated heterocycles. The van der Waals surface area contributed by atoms with Crippen molar-refractivity contribution >= 4 is 5.91 Å². The van der Waals surface area contributed by atoms with Gasteiger partial charge < -0.3 is 5.32 Å². The third-order valence-electron chi connectivity index (χ3n) is 4.02. The molecule has 0 fully saturated rings. The lowest BCUT2D eigenvalue weighted by molar-refractivity contribution is 0.0929. The van der Waals surface area contributed by atoms with E-state index in [1.165, 1.54) is 30.4 Å². The first-order valence-corrected chi connectivity index (χ1v) is 7.45. The van der Waals surface area contributed by atoms with Crippen LogP contribution < -0.4 is 5.32 Å². The number of H-pyrrole nitrogens is 1. The van der Waals surface area contributed by atoms with Gasteiger partial charge in [0.05, 0.1) is 6.04 Å². The molecule has 0 aliphatic heterocycles. The first-order chi connectivity index (χ1) is 10.1. The number of aryl methyl sites for hydroxylation is 3. The van der Waals surface area contributed by atoms with Crippen LogP contribution in [0, 0.1) is 6.92 Å². The van der Waals surface area contributed by atoms with Gasteiger partial charge in [-0.05, 0) is 56.2 Å². The summed E-state index contributed by atoms with van der Waals surface area (Å²) in [7, 11) is 0. The van der Waals surface area contributed by atoms with Gasteiger partial charge in [0.25, 0.3) is 5.91 Å². The average molecular weight is 284 g/mol. The van der Waals surface area contributed by atoms with Crippen LogP contribution in [-0.4, -0.2) is 21.1 Å². The number of rotatable bonds is 3. The van der Waals surface area contributed by atoms with Crippen LogP contribution in [0.4, 0.5) is 0 Å². The molecule has 3 rings (SSSR count). The maximum atomic E-state index is 12.1. The number of carbonyl (C=O) groups is 1. The van der Waals surface area contributed by atoms with Gasteiger partial charge in [-0.15, -0.1) is 5.10 Å². The van der Waals surface area contributed by atoms with Crippen molar-refractivity contribution in [3.8, 4) is 0 Å². The van der Waals surface area contributed by atoms with E-state index < -0.39 is 0 Å². The van der Waals surface area contributed by atoms with E-state index in [9.17, 15) is 4.79 Å². The van der Waals surface area contributed by atoms with Crippen molar-refractivity contribution in [3.63, 3.8) is 0 Å². The van der Waals surface area contributed by atoms with Gasteiger partial charge in [-0.1, -0.05) is 18.2 Å². The quantitative estimate of drug-likeness (QED) is 0.909. The zero-order chi connectivity index (χ0) is 14.8. The molecule has 0 bridgehead atoms. The minimum atomic E-state index is -0.246. The van der Waals surface area contributed by atoms with Crippen LogP contribution >= 0.6 is 0 Å². The van der Waals surface area contributed by atoms with Gasteiger partial charge in [-0.2, -0.15) is 0 Å². The fraction of sp³-hybridized carbons (Fsp3) is 0.438. The Morgan fingerprint density at radius 2 is 2.05 bits per heavy atom. The SMILES string of the molecule is Cc1nc(C(=O)NC(C)c2ccc3c(c2)CCCC3)n[nH]1. The molecule has 1 unspecified atom stereocenters. The Morgan fingerprint density at radius 3 is 2.76 bits per heavy atom. The molecule has 0 saturated carbocycles. The number of aromatic nitrogens is 3. The molecular weight excluding hydrogens is 264 g/mol. The van der Waals surface area contributed by atoms with E-state index in [-0.39, 0.29) is 17.8 Å². The van der Waals surface area contributed by atoms with Crippen LogP contribution in [0.25, 0.3) is 0 Å². The van der Waals surface area contributed by atoms with Gasteiger partial charge in [0.1, 0.15) is 5.82 Å². The highest BCUT2D eigenvalue weighted by molar-refractivity contribution is 5.90. The molecule has 1 aromatic heterocycles. The molecule has 1 aromatic carbocycles. The van der Waals surface area contributed by atoms with E-state index in [0.29, 0.717) is 5.82 Å². The predicted molar refractivity (Wildman–Crippen MR) is 80.1 cm³/mol. The number of aromatic amines is 1. The maximum absolute atomic E-state index is 12.1. The van der Waals surface area contributed by atoms with Gasteiger partial charge >= 0.3 is 0 Å².